The maximum Gasteiger partial charge on any atom is 0.211 e. The van der Waals surface area contributed by atoms with Gasteiger partial charge in [0, 0.05) is 32.2 Å². The van der Waals surface area contributed by atoms with Gasteiger partial charge in [-0.25, -0.2) is 8.42 Å². The van der Waals surface area contributed by atoms with Gasteiger partial charge in [-0.3, -0.25) is 4.90 Å². The molecule has 2 bridgehead atoms. The van der Waals surface area contributed by atoms with E-state index in [1.165, 1.54) is 31.9 Å². The first-order chi connectivity index (χ1) is 8.93. The summed E-state index contributed by atoms with van der Waals surface area (Å²) in [6.45, 7) is 5.61. The Bertz CT molecular complexity index is 429. The molecule has 0 aromatic carbocycles. The predicted molar refractivity (Wildman–Crippen MR) is 76.4 cm³/mol. The number of sulfonamides is 1. The summed E-state index contributed by atoms with van der Waals surface area (Å²) in [5.41, 5.74) is 0. The third-order valence-electron chi connectivity index (χ3n) is 5.41. The van der Waals surface area contributed by atoms with Crippen LogP contribution in [0.1, 0.15) is 32.6 Å². The van der Waals surface area contributed by atoms with Crippen molar-refractivity contribution in [2.45, 2.75) is 38.6 Å². The molecule has 0 amide bonds. The van der Waals surface area contributed by atoms with Gasteiger partial charge in [0.25, 0.3) is 0 Å². The molecule has 0 N–H and O–H groups in total. The van der Waals surface area contributed by atoms with Gasteiger partial charge in [-0.05, 0) is 43.4 Å². The van der Waals surface area contributed by atoms with Crippen molar-refractivity contribution < 1.29 is 8.42 Å². The molecule has 1 aliphatic heterocycles. The van der Waals surface area contributed by atoms with Crippen LogP contribution in [0.2, 0.25) is 0 Å². The standard InChI is InChI=1S/C14H26N2O2S/c1-11-7-12-9-13(8-11)14(10-12)15-3-5-16(6-4-15)19(2,17)18/h11-14H,3-10H2,1-2H3. The summed E-state index contributed by atoms with van der Waals surface area (Å²) in [4.78, 5) is 2.57. The van der Waals surface area contributed by atoms with Crippen LogP contribution in [0, 0.1) is 17.8 Å². The SMILES string of the molecule is CC1CC2CC(C1)C(N1CCN(S(C)(=O)=O)CC1)C2. The molecular formula is C14H26N2O2S. The average Bonchev–Trinajstić information content (AvgIpc) is 2.64. The maximum absolute atomic E-state index is 11.5. The second-order valence-electron chi connectivity index (χ2n) is 6.94. The van der Waals surface area contributed by atoms with Gasteiger partial charge in [-0.2, -0.15) is 4.31 Å². The van der Waals surface area contributed by atoms with Crippen molar-refractivity contribution in [3.63, 3.8) is 0 Å². The number of fused-ring (bicyclic) bond motifs is 2. The molecule has 4 unspecified atom stereocenters. The molecule has 4 atom stereocenters. The van der Waals surface area contributed by atoms with Crippen LogP contribution in [0.4, 0.5) is 0 Å². The largest absolute Gasteiger partial charge is 0.297 e. The molecule has 2 saturated carbocycles. The Morgan fingerprint density at radius 2 is 1.63 bits per heavy atom. The lowest BCUT2D eigenvalue weighted by molar-refractivity contribution is 0.107. The minimum absolute atomic E-state index is 0.683. The van der Waals surface area contributed by atoms with Gasteiger partial charge >= 0.3 is 0 Å². The lowest BCUT2D eigenvalue weighted by atomic mass is 9.81. The molecule has 0 radical (unpaired) electrons. The molecule has 1 heterocycles. The Hall–Kier alpha value is -0.130. The Kier molecular flexibility index (Phi) is 3.65. The van der Waals surface area contributed by atoms with E-state index < -0.39 is 10.0 Å². The summed E-state index contributed by atoms with van der Waals surface area (Å²) in [6.07, 6.45) is 6.89. The van der Waals surface area contributed by atoms with Crippen molar-refractivity contribution in [1.29, 1.82) is 0 Å². The molecular weight excluding hydrogens is 260 g/mol. The van der Waals surface area contributed by atoms with E-state index in [4.69, 9.17) is 0 Å². The number of rotatable bonds is 2. The fourth-order valence-electron chi connectivity index (χ4n) is 4.66. The Balaban J connectivity index is 1.60. The molecule has 3 rings (SSSR count). The summed E-state index contributed by atoms with van der Waals surface area (Å²) < 4.78 is 24.7. The monoisotopic (exact) mass is 286 g/mol. The number of nitrogens with zero attached hydrogens (tertiary/aromatic N) is 2. The Labute approximate surface area is 117 Å². The second kappa shape index (κ2) is 5.01. The van der Waals surface area contributed by atoms with E-state index in [9.17, 15) is 8.42 Å². The van der Waals surface area contributed by atoms with Crippen molar-refractivity contribution in [3.8, 4) is 0 Å². The zero-order chi connectivity index (χ0) is 13.6. The van der Waals surface area contributed by atoms with Crippen LogP contribution in [0.3, 0.4) is 0 Å². The highest BCUT2D eigenvalue weighted by molar-refractivity contribution is 7.88. The molecule has 2 aliphatic carbocycles. The van der Waals surface area contributed by atoms with Gasteiger partial charge in [0.15, 0.2) is 0 Å². The molecule has 3 aliphatic rings. The van der Waals surface area contributed by atoms with Crippen molar-refractivity contribution in [1.82, 2.24) is 9.21 Å². The summed E-state index contributed by atoms with van der Waals surface area (Å²) in [5, 5.41) is 0. The lowest BCUT2D eigenvalue weighted by Gasteiger charge is -2.39. The third kappa shape index (κ3) is 2.83. The topological polar surface area (TPSA) is 40.6 Å². The van der Waals surface area contributed by atoms with Crippen LogP contribution in [0.15, 0.2) is 0 Å². The number of piperazine rings is 1. The number of hydrogen-bond acceptors (Lipinski definition) is 3. The van der Waals surface area contributed by atoms with Crippen LogP contribution < -0.4 is 0 Å². The van der Waals surface area contributed by atoms with Crippen molar-refractivity contribution in [2.24, 2.45) is 17.8 Å². The van der Waals surface area contributed by atoms with Crippen molar-refractivity contribution in [3.05, 3.63) is 0 Å². The van der Waals surface area contributed by atoms with Crippen LogP contribution in [-0.2, 0) is 10.0 Å². The van der Waals surface area contributed by atoms with Gasteiger partial charge in [0.2, 0.25) is 10.0 Å². The summed E-state index contributed by atoms with van der Waals surface area (Å²) >= 11 is 0. The summed E-state index contributed by atoms with van der Waals surface area (Å²) in [5.74, 6) is 2.70. The lowest BCUT2D eigenvalue weighted by Crippen LogP contribution is -2.52. The first-order valence-corrected chi connectivity index (χ1v) is 9.47. The zero-order valence-corrected chi connectivity index (χ0v) is 12.9. The quantitative estimate of drug-likeness (QED) is 0.770. The normalized spacial score (nSPS) is 41.6. The zero-order valence-electron chi connectivity index (χ0n) is 12.1. The van der Waals surface area contributed by atoms with Crippen LogP contribution in [-0.4, -0.2) is 56.1 Å². The van der Waals surface area contributed by atoms with E-state index in [1.807, 2.05) is 0 Å². The van der Waals surface area contributed by atoms with Crippen LogP contribution in [0.25, 0.3) is 0 Å². The van der Waals surface area contributed by atoms with E-state index in [2.05, 4.69) is 11.8 Å². The fourth-order valence-corrected chi connectivity index (χ4v) is 5.48. The molecule has 0 aromatic heterocycles. The van der Waals surface area contributed by atoms with E-state index in [0.717, 1.165) is 36.9 Å². The Morgan fingerprint density at radius 1 is 0.947 bits per heavy atom. The second-order valence-corrected chi connectivity index (χ2v) is 8.92. The first kappa shape index (κ1) is 13.8. The van der Waals surface area contributed by atoms with Crippen LogP contribution >= 0.6 is 0 Å². The highest BCUT2D eigenvalue weighted by Gasteiger charge is 2.42. The van der Waals surface area contributed by atoms with Crippen molar-refractivity contribution in [2.75, 3.05) is 32.4 Å². The fraction of sp³-hybridized carbons (Fsp3) is 1.00. The van der Waals surface area contributed by atoms with Gasteiger partial charge < -0.3 is 0 Å². The van der Waals surface area contributed by atoms with Crippen molar-refractivity contribution >= 4 is 10.0 Å². The van der Waals surface area contributed by atoms with E-state index in [-0.39, 0.29) is 0 Å². The van der Waals surface area contributed by atoms with E-state index in [0.29, 0.717) is 13.1 Å². The molecule has 0 spiro atoms. The minimum atomic E-state index is -2.99. The highest BCUT2D eigenvalue weighted by Crippen LogP contribution is 2.46. The minimum Gasteiger partial charge on any atom is -0.297 e. The molecule has 110 valence electrons. The van der Waals surface area contributed by atoms with Gasteiger partial charge in [-0.1, -0.05) is 6.92 Å². The molecule has 4 nitrogen and oxygen atoms in total. The van der Waals surface area contributed by atoms with Gasteiger partial charge in [-0.15, -0.1) is 0 Å². The van der Waals surface area contributed by atoms with E-state index >= 15 is 0 Å². The third-order valence-corrected chi connectivity index (χ3v) is 6.71. The molecule has 3 fully saturated rings. The predicted octanol–water partition coefficient (Wildman–Crippen LogP) is 1.39. The molecule has 1 saturated heterocycles. The highest BCUT2D eigenvalue weighted by atomic mass is 32.2. The maximum atomic E-state index is 11.5. The van der Waals surface area contributed by atoms with Gasteiger partial charge in [0.05, 0.1) is 6.26 Å². The molecule has 5 heteroatoms. The summed E-state index contributed by atoms with van der Waals surface area (Å²) in [7, 11) is -2.99. The summed E-state index contributed by atoms with van der Waals surface area (Å²) in [6, 6.07) is 0.733. The molecule has 19 heavy (non-hydrogen) atoms. The Morgan fingerprint density at radius 3 is 2.26 bits per heavy atom. The first-order valence-electron chi connectivity index (χ1n) is 7.62. The van der Waals surface area contributed by atoms with Crippen LogP contribution in [0.5, 0.6) is 0 Å². The molecule has 0 aromatic rings. The number of hydrogen-bond donors (Lipinski definition) is 0. The average molecular weight is 286 g/mol. The smallest absolute Gasteiger partial charge is 0.211 e. The van der Waals surface area contributed by atoms with E-state index in [1.54, 1.807) is 4.31 Å². The van der Waals surface area contributed by atoms with Gasteiger partial charge in [0.1, 0.15) is 0 Å².